The van der Waals surface area contributed by atoms with Gasteiger partial charge in [0.15, 0.2) is 0 Å². The third-order valence-corrected chi connectivity index (χ3v) is 5.65. The van der Waals surface area contributed by atoms with Crippen LogP contribution < -0.4 is 16.0 Å². The second kappa shape index (κ2) is 6.82. The zero-order valence-corrected chi connectivity index (χ0v) is 16.4. The molecule has 3 atom stereocenters. The molecule has 0 saturated heterocycles. The molecule has 2 aromatic heterocycles. The predicted molar refractivity (Wildman–Crippen MR) is 111 cm³/mol. The van der Waals surface area contributed by atoms with Crippen LogP contribution in [0.4, 0.5) is 0 Å². The summed E-state index contributed by atoms with van der Waals surface area (Å²) >= 11 is 0. The molecule has 2 N–H and O–H groups in total. The largest absolute Gasteiger partial charge is 0.497 e. The van der Waals surface area contributed by atoms with Crippen LogP contribution in [-0.4, -0.2) is 28.0 Å². The second-order valence-corrected chi connectivity index (χ2v) is 7.73. The topological polar surface area (TPSA) is 92.2 Å². The molecular formula is C21H24N4O3. The predicted octanol–water partition coefficient (Wildman–Crippen LogP) is 3.25. The smallest absolute Gasteiger partial charge is 0.350 e. The van der Waals surface area contributed by atoms with Gasteiger partial charge in [0.25, 0.3) is 0 Å². The van der Waals surface area contributed by atoms with Crippen molar-refractivity contribution in [1.82, 2.24) is 14.6 Å². The summed E-state index contributed by atoms with van der Waals surface area (Å²) in [5, 5.41) is 5.00. The van der Waals surface area contributed by atoms with Crippen molar-refractivity contribution >= 4 is 28.2 Å². The molecule has 0 unspecified atom stereocenters. The fourth-order valence-electron chi connectivity index (χ4n) is 4.27. The number of benzene rings is 1. The van der Waals surface area contributed by atoms with E-state index in [1.54, 1.807) is 25.5 Å². The third kappa shape index (κ3) is 2.96. The van der Waals surface area contributed by atoms with Crippen LogP contribution in [0.25, 0.3) is 21.9 Å². The van der Waals surface area contributed by atoms with Crippen LogP contribution in [-0.2, 0) is 0 Å². The number of hydrogen-bond donors (Lipinski definition) is 2. The number of aromatic amines is 2. The van der Waals surface area contributed by atoms with E-state index in [9.17, 15) is 9.59 Å². The average Bonchev–Trinajstić information content (AvgIpc) is 3.01. The molecule has 0 fully saturated rings. The Morgan fingerprint density at radius 2 is 2.00 bits per heavy atom. The van der Waals surface area contributed by atoms with Crippen molar-refractivity contribution < 1.29 is 4.74 Å². The molecule has 0 radical (unpaired) electrons. The Balaban J connectivity index is 1.81. The minimum Gasteiger partial charge on any atom is -0.497 e. The number of nitrogens with zero attached hydrogens (tertiary/aromatic N) is 2. The number of H-pyrrole nitrogens is 2. The van der Waals surface area contributed by atoms with Crippen LogP contribution in [0.2, 0.25) is 0 Å². The van der Waals surface area contributed by atoms with Crippen molar-refractivity contribution in [3.8, 4) is 5.75 Å². The van der Waals surface area contributed by atoms with Gasteiger partial charge in [-0.15, -0.1) is 4.68 Å². The van der Waals surface area contributed by atoms with E-state index in [4.69, 9.17) is 4.74 Å². The lowest BCUT2D eigenvalue weighted by Crippen LogP contribution is -2.33. The van der Waals surface area contributed by atoms with Crippen molar-refractivity contribution in [3.05, 3.63) is 50.7 Å². The fraction of sp³-hybridized carbons (Fsp3) is 0.381. The first kappa shape index (κ1) is 18.3. The van der Waals surface area contributed by atoms with Crippen molar-refractivity contribution in [1.29, 1.82) is 0 Å². The molecule has 1 aliphatic rings. The van der Waals surface area contributed by atoms with Gasteiger partial charge in [-0.1, -0.05) is 25.5 Å². The van der Waals surface area contributed by atoms with Crippen molar-refractivity contribution in [2.45, 2.75) is 27.2 Å². The van der Waals surface area contributed by atoms with E-state index in [-0.39, 0.29) is 5.92 Å². The highest BCUT2D eigenvalue weighted by atomic mass is 16.5. The Labute approximate surface area is 161 Å². The van der Waals surface area contributed by atoms with Crippen LogP contribution in [0, 0.1) is 17.8 Å². The van der Waals surface area contributed by atoms with Crippen LogP contribution in [0.3, 0.4) is 0 Å². The first-order valence-corrected chi connectivity index (χ1v) is 9.45. The van der Waals surface area contributed by atoms with Crippen molar-refractivity contribution in [2.24, 2.45) is 22.9 Å². The Morgan fingerprint density at radius 1 is 1.21 bits per heavy atom. The standard InChI is InChI=1S/C21H24N4O3/c1-11-7-12(2)16(13(3)8-11)10-22-25-20(26)19-18(24-21(25)27)15-9-14(28-4)5-6-17(15)23-19/h5-7,9-10,12-13,16,23H,8H2,1-4H3,(H,24,27)/b22-10-/t12-,13-,16+/m1/s1. The van der Waals surface area contributed by atoms with Gasteiger partial charge in [-0.25, -0.2) is 4.79 Å². The maximum atomic E-state index is 12.9. The molecule has 4 rings (SSSR count). The van der Waals surface area contributed by atoms with Gasteiger partial charge >= 0.3 is 11.2 Å². The minimum absolute atomic E-state index is 0.178. The van der Waals surface area contributed by atoms with Gasteiger partial charge in [0.05, 0.1) is 12.6 Å². The quantitative estimate of drug-likeness (QED) is 0.540. The molecule has 28 heavy (non-hydrogen) atoms. The molecule has 7 nitrogen and oxygen atoms in total. The van der Waals surface area contributed by atoms with Crippen molar-refractivity contribution in [2.75, 3.05) is 7.11 Å². The SMILES string of the molecule is COc1ccc2[nH]c3c(=O)n(/N=C\[C@H]4[C@H](C)C=C(C)C[C@H]4C)c(=O)[nH]c3c2c1. The lowest BCUT2D eigenvalue weighted by molar-refractivity contribution is 0.361. The van der Waals surface area contributed by atoms with E-state index in [1.165, 1.54) is 5.57 Å². The Kier molecular flexibility index (Phi) is 4.45. The highest BCUT2D eigenvalue weighted by molar-refractivity contribution is 6.04. The van der Waals surface area contributed by atoms with Crippen molar-refractivity contribution in [3.63, 3.8) is 0 Å². The van der Waals surface area contributed by atoms with E-state index in [2.05, 4.69) is 41.9 Å². The lowest BCUT2D eigenvalue weighted by atomic mass is 9.76. The Hall–Kier alpha value is -3.09. The summed E-state index contributed by atoms with van der Waals surface area (Å²) in [6.45, 7) is 6.44. The monoisotopic (exact) mass is 380 g/mol. The summed E-state index contributed by atoms with van der Waals surface area (Å²) in [6.07, 6.45) is 4.97. The highest BCUT2D eigenvalue weighted by Gasteiger charge is 2.25. The maximum Gasteiger partial charge on any atom is 0.350 e. The van der Waals surface area contributed by atoms with Gasteiger partial charge < -0.3 is 14.7 Å². The third-order valence-electron chi connectivity index (χ3n) is 5.65. The maximum absolute atomic E-state index is 12.9. The molecular weight excluding hydrogens is 356 g/mol. The highest BCUT2D eigenvalue weighted by Crippen LogP contribution is 2.32. The molecule has 0 spiro atoms. The molecule has 0 amide bonds. The van der Waals surface area contributed by atoms with Gasteiger partial charge in [0, 0.05) is 23.0 Å². The average molecular weight is 380 g/mol. The molecule has 0 saturated carbocycles. The molecule has 2 heterocycles. The fourth-order valence-corrected chi connectivity index (χ4v) is 4.27. The summed E-state index contributed by atoms with van der Waals surface area (Å²) < 4.78 is 6.14. The summed E-state index contributed by atoms with van der Waals surface area (Å²) in [5.74, 6) is 1.55. The van der Waals surface area contributed by atoms with Gasteiger partial charge in [-0.3, -0.25) is 4.79 Å². The number of methoxy groups -OCH3 is 1. The number of aromatic nitrogens is 3. The Morgan fingerprint density at radius 3 is 2.71 bits per heavy atom. The number of rotatable bonds is 3. The van der Waals surface area contributed by atoms with Gasteiger partial charge in [-0.05, 0) is 43.4 Å². The molecule has 0 bridgehead atoms. The zero-order valence-electron chi connectivity index (χ0n) is 16.4. The molecule has 1 aromatic carbocycles. The summed E-state index contributed by atoms with van der Waals surface area (Å²) in [7, 11) is 1.57. The number of allylic oxidation sites excluding steroid dienone is 2. The lowest BCUT2D eigenvalue weighted by Gasteiger charge is -2.29. The molecule has 146 valence electrons. The normalized spacial score (nSPS) is 22.9. The summed E-state index contributed by atoms with van der Waals surface area (Å²) in [4.78, 5) is 31.4. The molecule has 3 aromatic rings. The minimum atomic E-state index is -0.555. The molecule has 1 aliphatic carbocycles. The first-order valence-electron chi connectivity index (χ1n) is 9.45. The van der Waals surface area contributed by atoms with E-state index < -0.39 is 11.2 Å². The van der Waals surface area contributed by atoms with E-state index in [0.717, 1.165) is 22.0 Å². The van der Waals surface area contributed by atoms with E-state index in [1.807, 2.05) is 6.07 Å². The first-order chi connectivity index (χ1) is 13.4. The zero-order chi connectivity index (χ0) is 20.0. The van der Waals surface area contributed by atoms with Crippen LogP contribution in [0.5, 0.6) is 5.75 Å². The number of hydrogen-bond acceptors (Lipinski definition) is 4. The van der Waals surface area contributed by atoms with Gasteiger partial charge in [0.1, 0.15) is 11.3 Å². The van der Waals surface area contributed by atoms with Gasteiger partial charge in [0.2, 0.25) is 0 Å². The molecule has 0 aliphatic heterocycles. The number of nitrogens with one attached hydrogen (secondary N) is 2. The summed E-state index contributed by atoms with van der Waals surface area (Å²) in [6, 6.07) is 5.41. The van der Waals surface area contributed by atoms with Crippen LogP contribution in [0.15, 0.2) is 44.5 Å². The Bertz CT molecular complexity index is 1230. The van der Waals surface area contributed by atoms with Crippen LogP contribution >= 0.6 is 0 Å². The van der Waals surface area contributed by atoms with Gasteiger partial charge in [-0.2, -0.15) is 5.10 Å². The van der Waals surface area contributed by atoms with E-state index >= 15 is 0 Å². The second-order valence-electron chi connectivity index (χ2n) is 7.73. The number of fused-ring (bicyclic) bond motifs is 3. The van der Waals surface area contributed by atoms with Crippen LogP contribution in [0.1, 0.15) is 27.2 Å². The van der Waals surface area contributed by atoms with E-state index in [0.29, 0.717) is 28.6 Å². The summed E-state index contributed by atoms with van der Waals surface area (Å²) in [5.41, 5.74) is 1.89. The number of ether oxygens (including phenoxy) is 1. The molecule has 7 heteroatoms.